The second-order valence-corrected chi connectivity index (χ2v) is 5.44. The van der Waals surface area contributed by atoms with Crippen molar-refractivity contribution in [2.75, 3.05) is 14.2 Å². The minimum absolute atomic E-state index is 0.00883. The lowest BCUT2D eigenvalue weighted by molar-refractivity contribution is 0.209. The van der Waals surface area contributed by atoms with Gasteiger partial charge in [-0.2, -0.15) is 0 Å². The molecule has 112 valence electrons. The Labute approximate surface area is 135 Å². The van der Waals surface area contributed by atoms with Crippen LogP contribution in [0, 0.1) is 5.82 Å². The molecule has 0 bridgehead atoms. The largest absolute Gasteiger partial charge is 0.495 e. The van der Waals surface area contributed by atoms with Crippen LogP contribution in [0.3, 0.4) is 0 Å². The molecule has 2 rings (SSSR count). The van der Waals surface area contributed by atoms with Crippen LogP contribution >= 0.6 is 27.5 Å². The Bertz CT molecular complexity index is 643. The number of rotatable bonds is 4. The van der Waals surface area contributed by atoms with Gasteiger partial charge in [-0.25, -0.2) is 4.39 Å². The molecule has 0 aromatic heterocycles. The van der Waals surface area contributed by atoms with Gasteiger partial charge in [-0.1, -0.05) is 17.7 Å². The zero-order valence-electron chi connectivity index (χ0n) is 11.4. The van der Waals surface area contributed by atoms with Gasteiger partial charge in [0.1, 0.15) is 27.9 Å². The molecule has 1 atom stereocenters. The zero-order chi connectivity index (χ0) is 15.6. The van der Waals surface area contributed by atoms with E-state index in [1.165, 1.54) is 32.4 Å². The van der Waals surface area contributed by atoms with Crippen LogP contribution in [0.1, 0.15) is 17.2 Å². The average Bonchev–Trinajstić information content (AvgIpc) is 2.46. The van der Waals surface area contributed by atoms with Crippen molar-refractivity contribution in [2.45, 2.75) is 6.10 Å². The van der Waals surface area contributed by atoms with Gasteiger partial charge in [0, 0.05) is 16.1 Å². The lowest BCUT2D eigenvalue weighted by Crippen LogP contribution is -2.06. The molecule has 0 amide bonds. The zero-order valence-corrected chi connectivity index (χ0v) is 13.7. The summed E-state index contributed by atoms with van der Waals surface area (Å²) >= 11 is 9.33. The first kappa shape index (κ1) is 16.1. The van der Waals surface area contributed by atoms with E-state index in [1.807, 2.05) is 0 Å². The molecule has 1 N–H and O–H groups in total. The molecule has 0 aliphatic carbocycles. The van der Waals surface area contributed by atoms with Crippen molar-refractivity contribution in [1.29, 1.82) is 0 Å². The SMILES string of the molecule is COc1ccc(C(O)c2c(F)cccc2Cl)c(OC)c1Br. The van der Waals surface area contributed by atoms with Gasteiger partial charge in [-0.05, 0) is 40.2 Å². The lowest BCUT2D eigenvalue weighted by Gasteiger charge is -2.19. The summed E-state index contributed by atoms with van der Waals surface area (Å²) in [7, 11) is 2.97. The highest BCUT2D eigenvalue weighted by molar-refractivity contribution is 9.10. The molecule has 21 heavy (non-hydrogen) atoms. The molecule has 2 aromatic rings. The number of methoxy groups -OCH3 is 2. The summed E-state index contributed by atoms with van der Waals surface area (Å²) < 4.78 is 24.9. The third-order valence-corrected chi connectivity index (χ3v) is 4.16. The first-order valence-electron chi connectivity index (χ1n) is 6.03. The van der Waals surface area contributed by atoms with Crippen molar-refractivity contribution in [1.82, 2.24) is 0 Å². The Balaban J connectivity index is 2.59. The van der Waals surface area contributed by atoms with Crippen molar-refractivity contribution >= 4 is 27.5 Å². The highest BCUT2D eigenvalue weighted by Gasteiger charge is 2.24. The standard InChI is InChI=1S/C15H13BrClFO3/c1-20-11-7-6-8(15(21-2)13(11)16)14(19)12-9(17)4-3-5-10(12)18/h3-7,14,19H,1-2H3. The van der Waals surface area contributed by atoms with E-state index in [0.717, 1.165) is 0 Å². The molecule has 0 spiro atoms. The molecule has 3 nitrogen and oxygen atoms in total. The number of hydrogen-bond donors (Lipinski definition) is 1. The van der Waals surface area contributed by atoms with E-state index >= 15 is 0 Å². The Morgan fingerprint density at radius 2 is 1.90 bits per heavy atom. The molecular weight excluding hydrogens is 363 g/mol. The summed E-state index contributed by atoms with van der Waals surface area (Å²) in [4.78, 5) is 0. The maximum Gasteiger partial charge on any atom is 0.142 e. The van der Waals surface area contributed by atoms with Gasteiger partial charge in [-0.15, -0.1) is 0 Å². The predicted molar refractivity (Wildman–Crippen MR) is 82.7 cm³/mol. The smallest absolute Gasteiger partial charge is 0.142 e. The Morgan fingerprint density at radius 3 is 2.48 bits per heavy atom. The van der Waals surface area contributed by atoms with Gasteiger partial charge in [0.25, 0.3) is 0 Å². The van der Waals surface area contributed by atoms with E-state index in [1.54, 1.807) is 12.1 Å². The highest BCUT2D eigenvalue weighted by Crippen LogP contribution is 2.42. The van der Waals surface area contributed by atoms with E-state index < -0.39 is 11.9 Å². The molecule has 1 unspecified atom stereocenters. The first-order valence-corrected chi connectivity index (χ1v) is 7.20. The van der Waals surface area contributed by atoms with Crippen LogP contribution in [-0.2, 0) is 0 Å². The number of hydrogen-bond acceptors (Lipinski definition) is 3. The fourth-order valence-electron chi connectivity index (χ4n) is 2.06. The Hall–Kier alpha value is -1.30. The number of aliphatic hydroxyl groups excluding tert-OH is 1. The first-order chi connectivity index (χ1) is 10.0. The van der Waals surface area contributed by atoms with E-state index in [0.29, 0.717) is 21.5 Å². The van der Waals surface area contributed by atoms with Crippen LogP contribution < -0.4 is 9.47 Å². The molecule has 0 saturated heterocycles. The molecule has 0 radical (unpaired) electrons. The predicted octanol–water partition coefficient (Wildman–Crippen LogP) is 4.34. The molecule has 0 heterocycles. The monoisotopic (exact) mass is 374 g/mol. The fourth-order valence-corrected chi connectivity index (χ4v) is 3.01. The van der Waals surface area contributed by atoms with Crippen molar-refractivity contribution in [3.05, 3.63) is 56.8 Å². The van der Waals surface area contributed by atoms with Crippen molar-refractivity contribution < 1.29 is 19.0 Å². The van der Waals surface area contributed by atoms with Crippen LogP contribution in [-0.4, -0.2) is 19.3 Å². The molecule has 6 heteroatoms. The van der Waals surface area contributed by atoms with Crippen LogP contribution in [0.2, 0.25) is 5.02 Å². The van der Waals surface area contributed by atoms with Gasteiger partial charge >= 0.3 is 0 Å². The average molecular weight is 376 g/mol. The molecule has 2 aromatic carbocycles. The van der Waals surface area contributed by atoms with Gasteiger partial charge in [0.15, 0.2) is 0 Å². The highest BCUT2D eigenvalue weighted by atomic mass is 79.9. The third kappa shape index (κ3) is 3.00. The van der Waals surface area contributed by atoms with Crippen molar-refractivity contribution in [3.8, 4) is 11.5 Å². The van der Waals surface area contributed by atoms with E-state index in [2.05, 4.69) is 15.9 Å². The van der Waals surface area contributed by atoms with Gasteiger partial charge < -0.3 is 14.6 Å². The summed E-state index contributed by atoms with van der Waals surface area (Å²) in [5.74, 6) is 0.326. The van der Waals surface area contributed by atoms with Gasteiger partial charge in [0.2, 0.25) is 0 Å². The van der Waals surface area contributed by atoms with Crippen LogP contribution in [0.15, 0.2) is 34.8 Å². The maximum atomic E-state index is 13.9. The summed E-state index contributed by atoms with van der Waals surface area (Å²) in [6.07, 6.45) is -1.25. The molecule has 0 aliphatic heterocycles. The lowest BCUT2D eigenvalue weighted by atomic mass is 10.00. The van der Waals surface area contributed by atoms with Gasteiger partial charge in [0.05, 0.1) is 14.2 Å². The van der Waals surface area contributed by atoms with Crippen molar-refractivity contribution in [2.24, 2.45) is 0 Å². The normalized spacial score (nSPS) is 12.1. The quantitative estimate of drug-likeness (QED) is 0.864. The topological polar surface area (TPSA) is 38.7 Å². The molecule has 0 fully saturated rings. The van der Waals surface area contributed by atoms with Crippen LogP contribution in [0.25, 0.3) is 0 Å². The number of halogens is 3. The van der Waals surface area contributed by atoms with E-state index in [-0.39, 0.29) is 10.6 Å². The summed E-state index contributed by atoms with van der Waals surface area (Å²) in [5.41, 5.74) is 0.395. The molecular formula is C15H13BrClFO3. The van der Waals surface area contributed by atoms with Gasteiger partial charge in [-0.3, -0.25) is 0 Å². The fraction of sp³-hybridized carbons (Fsp3) is 0.200. The number of ether oxygens (including phenoxy) is 2. The summed E-state index contributed by atoms with van der Waals surface area (Å²) in [6, 6.07) is 7.51. The molecule has 0 aliphatic rings. The van der Waals surface area contributed by atoms with Crippen LogP contribution in [0.4, 0.5) is 4.39 Å². The Kier molecular flexibility index (Phi) is 5.08. The van der Waals surface area contributed by atoms with E-state index in [4.69, 9.17) is 21.1 Å². The third-order valence-electron chi connectivity index (χ3n) is 3.08. The number of benzene rings is 2. The van der Waals surface area contributed by atoms with E-state index in [9.17, 15) is 9.50 Å². The van der Waals surface area contributed by atoms with Crippen LogP contribution in [0.5, 0.6) is 11.5 Å². The minimum Gasteiger partial charge on any atom is -0.495 e. The molecule has 0 saturated carbocycles. The summed E-state index contributed by atoms with van der Waals surface area (Å²) in [6.45, 7) is 0. The minimum atomic E-state index is -1.25. The second kappa shape index (κ2) is 6.64. The Morgan fingerprint density at radius 1 is 1.19 bits per heavy atom. The maximum absolute atomic E-state index is 13.9. The summed E-state index contributed by atoms with van der Waals surface area (Å²) in [5, 5.41) is 10.6. The number of aliphatic hydroxyl groups is 1. The second-order valence-electron chi connectivity index (χ2n) is 4.24. The van der Waals surface area contributed by atoms with Crippen molar-refractivity contribution in [3.63, 3.8) is 0 Å².